The molecule has 1 aliphatic heterocycles. The van der Waals surface area contributed by atoms with Gasteiger partial charge in [0, 0.05) is 19.6 Å². The Morgan fingerprint density at radius 3 is 2.84 bits per heavy atom. The van der Waals surface area contributed by atoms with Gasteiger partial charge in [0.05, 0.1) is 11.2 Å². The molecular formula is C11H19ClN4O2S. The Bertz CT molecular complexity index is 521. The first-order valence-electron chi connectivity index (χ1n) is 6.38. The van der Waals surface area contributed by atoms with Crippen LogP contribution in [0, 0.1) is 0 Å². The van der Waals surface area contributed by atoms with Crippen LogP contribution in [0.2, 0.25) is 5.02 Å². The van der Waals surface area contributed by atoms with E-state index in [1.54, 1.807) is 7.05 Å². The van der Waals surface area contributed by atoms with E-state index in [-0.39, 0.29) is 16.1 Å². The number of nitrogens with zero attached hydrogens (tertiary/aromatic N) is 3. The molecule has 0 saturated carbocycles. The quantitative estimate of drug-likeness (QED) is 0.898. The molecule has 0 aliphatic carbocycles. The largest absolute Gasteiger partial charge is 0.330 e. The Balaban J connectivity index is 2.37. The summed E-state index contributed by atoms with van der Waals surface area (Å²) in [6.45, 7) is 1.00. The number of aromatic nitrogens is 2. The smallest absolute Gasteiger partial charge is 0.261 e. The number of sulfonamides is 1. The number of hydrogen-bond donors (Lipinski definition) is 1. The number of nitrogens with two attached hydrogens (primary N) is 1. The summed E-state index contributed by atoms with van der Waals surface area (Å²) in [7, 11) is -2.02. The Morgan fingerprint density at radius 2 is 2.26 bits per heavy atom. The maximum atomic E-state index is 12.7. The summed E-state index contributed by atoms with van der Waals surface area (Å²) in [4.78, 5) is 0. The third kappa shape index (κ3) is 2.79. The lowest BCUT2D eigenvalue weighted by atomic mass is 10.0. The Labute approximate surface area is 118 Å². The minimum Gasteiger partial charge on any atom is -0.330 e. The van der Waals surface area contributed by atoms with Crippen LogP contribution in [-0.2, 0) is 17.1 Å². The highest BCUT2D eigenvalue weighted by molar-refractivity contribution is 7.89. The zero-order chi connectivity index (χ0) is 14.0. The van der Waals surface area contributed by atoms with Gasteiger partial charge in [0.25, 0.3) is 10.0 Å². The SMILES string of the molecule is Cn1ncc(Cl)c1S(=O)(=O)N1CCCCC1CCN. The van der Waals surface area contributed by atoms with Gasteiger partial charge in [-0.3, -0.25) is 4.68 Å². The van der Waals surface area contributed by atoms with Crippen LogP contribution < -0.4 is 5.73 Å². The van der Waals surface area contributed by atoms with Crippen molar-refractivity contribution in [2.24, 2.45) is 12.8 Å². The van der Waals surface area contributed by atoms with Crippen LogP contribution in [0.4, 0.5) is 0 Å². The summed E-state index contributed by atoms with van der Waals surface area (Å²) in [5.41, 5.74) is 5.58. The van der Waals surface area contributed by atoms with E-state index < -0.39 is 10.0 Å². The number of halogens is 1. The minimum absolute atomic E-state index is 0.0327. The summed E-state index contributed by atoms with van der Waals surface area (Å²) in [5, 5.41) is 4.14. The zero-order valence-electron chi connectivity index (χ0n) is 10.9. The summed E-state index contributed by atoms with van der Waals surface area (Å²) in [6, 6.07) is -0.0327. The van der Waals surface area contributed by atoms with Gasteiger partial charge in [-0.05, 0) is 25.8 Å². The van der Waals surface area contributed by atoms with Gasteiger partial charge in [-0.1, -0.05) is 18.0 Å². The van der Waals surface area contributed by atoms with E-state index in [0.29, 0.717) is 19.5 Å². The lowest BCUT2D eigenvalue weighted by Crippen LogP contribution is -2.45. The molecule has 0 radical (unpaired) electrons. The second-order valence-corrected chi connectivity index (χ2v) is 6.98. The van der Waals surface area contributed by atoms with E-state index >= 15 is 0 Å². The average Bonchev–Trinajstić information content (AvgIpc) is 2.70. The first-order chi connectivity index (χ1) is 8.98. The highest BCUT2D eigenvalue weighted by Crippen LogP contribution is 2.29. The van der Waals surface area contributed by atoms with Crippen molar-refractivity contribution in [3.63, 3.8) is 0 Å². The Kier molecular flexibility index (Phi) is 4.50. The van der Waals surface area contributed by atoms with Crippen molar-refractivity contribution in [1.82, 2.24) is 14.1 Å². The van der Waals surface area contributed by atoms with Crippen LogP contribution >= 0.6 is 11.6 Å². The van der Waals surface area contributed by atoms with Crippen molar-refractivity contribution in [1.29, 1.82) is 0 Å². The monoisotopic (exact) mass is 306 g/mol. The fourth-order valence-corrected chi connectivity index (χ4v) is 4.91. The van der Waals surface area contributed by atoms with E-state index in [4.69, 9.17) is 17.3 Å². The van der Waals surface area contributed by atoms with Gasteiger partial charge >= 0.3 is 0 Å². The maximum absolute atomic E-state index is 12.7. The van der Waals surface area contributed by atoms with Crippen LogP contribution in [0.3, 0.4) is 0 Å². The molecule has 2 rings (SSSR count). The summed E-state index contributed by atoms with van der Waals surface area (Å²) < 4.78 is 28.3. The lowest BCUT2D eigenvalue weighted by molar-refractivity contribution is 0.242. The second-order valence-electron chi connectivity index (χ2n) is 4.76. The molecule has 19 heavy (non-hydrogen) atoms. The predicted octanol–water partition coefficient (Wildman–Crippen LogP) is 0.966. The molecule has 0 amide bonds. The Morgan fingerprint density at radius 1 is 1.53 bits per heavy atom. The molecule has 8 heteroatoms. The predicted molar refractivity (Wildman–Crippen MR) is 73.4 cm³/mol. The van der Waals surface area contributed by atoms with Crippen molar-refractivity contribution in [2.45, 2.75) is 36.8 Å². The first kappa shape index (κ1) is 14.8. The molecule has 1 atom stereocenters. The number of piperidine rings is 1. The van der Waals surface area contributed by atoms with Gasteiger partial charge in [0.2, 0.25) is 0 Å². The second kappa shape index (κ2) is 5.78. The van der Waals surface area contributed by atoms with Crippen molar-refractivity contribution in [3.05, 3.63) is 11.2 Å². The van der Waals surface area contributed by atoms with E-state index in [1.807, 2.05) is 0 Å². The molecule has 0 aromatic carbocycles. The summed E-state index contributed by atoms with van der Waals surface area (Å²) in [5.74, 6) is 0. The minimum atomic E-state index is -3.61. The molecule has 1 unspecified atom stereocenters. The number of rotatable bonds is 4. The highest BCUT2D eigenvalue weighted by atomic mass is 35.5. The van der Waals surface area contributed by atoms with Crippen LogP contribution in [-0.4, -0.2) is 41.6 Å². The third-order valence-corrected chi connectivity index (χ3v) is 5.93. The number of hydrogen-bond acceptors (Lipinski definition) is 4. The average molecular weight is 307 g/mol. The van der Waals surface area contributed by atoms with Crippen molar-refractivity contribution in [3.8, 4) is 0 Å². The molecule has 1 aromatic rings. The molecule has 1 aliphatic rings. The van der Waals surface area contributed by atoms with Gasteiger partial charge in [-0.15, -0.1) is 0 Å². The van der Waals surface area contributed by atoms with E-state index in [0.717, 1.165) is 19.3 Å². The fourth-order valence-electron chi connectivity index (χ4n) is 2.57. The van der Waals surface area contributed by atoms with Crippen molar-refractivity contribution >= 4 is 21.6 Å². The normalized spacial score (nSPS) is 21.7. The van der Waals surface area contributed by atoms with Crippen LogP contribution in [0.5, 0.6) is 0 Å². The highest BCUT2D eigenvalue weighted by Gasteiger charge is 2.36. The fraction of sp³-hybridized carbons (Fsp3) is 0.727. The maximum Gasteiger partial charge on any atom is 0.261 e. The molecule has 1 saturated heterocycles. The molecule has 108 valence electrons. The van der Waals surface area contributed by atoms with Gasteiger partial charge in [0.15, 0.2) is 5.03 Å². The molecule has 0 spiro atoms. The third-order valence-electron chi connectivity index (χ3n) is 3.47. The van der Waals surface area contributed by atoms with E-state index in [9.17, 15) is 8.42 Å². The number of aryl methyl sites for hydroxylation is 1. The van der Waals surface area contributed by atoms with E-state index in [1.165, 1.54) is 15.2 Å². The van der Waals surface area contributed by atoms with Gasteiger partial charge in [0.1, 0.15) is 0 Å². The first-order valence-corrected chi connectivity index (χ1v) is 8.19. The zero-order valence-corrected chi connectivity index (χ0v) is 12.5. The summed E-state index contributed by atoms with van der Waals surface area (Å²) >= 11 is 5.96. The van der Waals surface area contributed by atoms with E-state index in [2.05, 4.69) is 5.10 Å². The lowest BCUT2D eigenvalue weighted by Gasteiger charge is -2.34. The van der Waals surface area contributed by atoms with Crippen LogP contribution in [0.1, 0.15) is 25.7 Å². The molecule has 1 aromatic heterocycles. The molecular weight excluding hydrogens is 288 g/mol. The Hall–Kier alpha value is -0.630. The van der Waals surface area contributed by atoms with Gasteiger partial charge in [-0.25, -0.2) is 8.42 Å². The molecule has 2 heterocycles. The molecule has 6 nitrogen and oxygen atoms in total. The standard InChI is InChI=1S/C11H19ClN4O2S/c1-15-11(10(12)8-14-15)19(17,18)16-7-3-2-4-9(16)5-6-13/h8-9H,2-7,13H2,1H3. The topological polar surface area (TPSA) is 81.2 Å². The molecule has 2 N–H and O–H groups in total. The summed E-state index contributed by atoms with van der Waals surface area (Å²) in [6.07, 6.45) is 4.79. The molecule has 1 fully saturated rings. The van der Waals surface area contributed by atoms with Gasteiger partial charge < -0.3 is 5.73 Å². The molecule has 0 bridgehead atoms. The van der Waals surface area contributed by atoms with Crippen LogP contribution in [0.15, 0.2) is 11.2 Å². The van der Waals surface area contributed by atoms with Gasteiger partial charge in [-0.2, -0.15) is 9.40 Å². The van der Waals surface area contributed by atoms with Crippen LogP contribution in [0.25, 0.3) is 0 Å². The van der Waals surface area contributed by atoms with Crippen molar-refractivity contribution < 1.29 is 8.42 Å². The van der Waals surface area contributed by atoms with Crippen molar-refractivity contribution in [2.75, 3.05) is 13.1 Å².